The molecule has 0 unspecified atom stereocenters. The third-order valence-electron chi connectivity index (χ3n) is 6.74. The first kappa shape index (κ1) is 60.0. The summed E-state index contributed by atoms with van der Waals surface area (Å²) in [7, 11) is -18.9. The number of rotatable bonds is 20. The summed E-state index contributed by atoms with van der Waals surface area (Å²) in [5.41, 5.74) is 9.92. The number of aromatic nitrogens is 1. The fourth-order valence-corrected chi connectivity index (χ4v) is 8.72. The van der Waals surface area contributed by atoms with Gasteiger partial charge in [0.15, 0.2) is 56.0 Å². The summed E-state index contributed by atoms with van der Waals surface area (Å²) in [6.45, 7) is -0.973. The van der Waals surface area contributed by atoms with Crippen molar-refractivity contribution in [2.75, 3.05) is 36.2 Å². The Labute approximate surface area is 438 Å². The van der Waals surface area contributed by atoms with Gasteiger partial charge in [0.2, 0.25) is 0 Å². The second-order valence-corrected chi connectivity index (χ2v) is 18.1. The van der Waals surface area contributed by atoms with E-state index in [1.807, 2.05) is 0 Å². The summed E-state index contributed by atoms with van der Waals surface area (Å²) in [4.78, 5) is 0.954. The molecule has 0 fully saturated rings. The molecule has 0 bridgehead atoms. The van der Waals surface area contributed by atoms with Crippen LogP contribution in [0.2, 0.25) is 0 Å². The maximum atomic E-state index is 12.7. The summed E-state index contributed by atoms with van der Waals surface area (Å²) >= 11 is 0.139. The maximum absolute atomic E-state index is 12.7. The monoisotopic (exact) mass is 991 g/mol. The Kier molecular flexibility index (Phi) is 26.8. The zero-order valence-electron chi connectivity index (χ0n) is 31.2. The van der Waals surface area contributed by atoms with Crippen molar-refractivity contribution in [3.05, 3.63) is 54.6 Å². The predicted octanol–water partition coefficient (Wildman–Crippen LogP) is -10.8. The molecule has 0 spiro atoms. The van der Waals surface area contributed by atoms with Gasteiger partial charge in [-0.25, -0.2) is 38.7 Å². The van der Waals surface area contributed by atoms with E-state index in [1.54, 1.807) is 0 Å². The van der Waals surface area contributed by atoms with E-state index in [2.05, 4.69) is 48.4 Å². The number of nitrogen functional groups attached to an aromatic ring is 2. The van der Waals surface area contributed by atoms with Crippen LogP contribution in [0.1, 0.15) is 0 Å². The fourth-order valence-electron chi connectivity index (χ4n) is 4.32. The first-order valence-electron chi connectivity index (χ1n) is 14.3. The normalized spacial score (nSPS) is 12.1. The molecular weight excluding hydrogens is 971 g/mol. The third-order valence-corrected chi connectivity index (χ3v) is 12.6. The third kappa shape index (κ3) is 17.1. The van der Waals surface area contributed by atoms with E-state index >= 15 is 0 Å². The van der Waals surface area contributed by atoms with Gasteiger partial charge in [-0.15, -0.1) is 29.1 Å². The number of nitrogens with two attached hydrogens (primary N) is 2. The molecule has 60 heavy (non-hydrogen) atoms. The van der Waals surface area contributed by atoms with Crippen molar-refractivity contribution in [1.82, 2.24) is 4.98 Å². The minimum Gasteiger partial charge on any atom is -0.744 e. The molecular formula is C25H21N7Na4O18S6. The van der Waals surface area contributed by atoms with Gasteiger partial charge in [-0.2, -0.15) is 0 Å². The molecule has 1 aromatic heterocycles. The number of anilines is 2. The van der Waals surface area contributed by atoms with Crippen LogP contribution in [0.15, 0.2) is 94.6 Å². The van der Waals surface area contributed by atoms with Crippen LogP contribution in [-0.4, -0.2) is 72.5 Å². The average Bonchev–Trinajstić information content (AvgIpc) is 3.12. The molecule has 0 aliphatic heterocycles. The molecule has 4 aromatic rings. The van der Waals surface area contributed by atoms with Crippen LogP contribution in [0.25, 0.3) is 10.8 Å². The van der Waals surface area contributed by atoms with Gasteiger partial charge in [-0.3, -0.25) is 18.4 Å². The van der Waals surface area contributed by atoms with E-state index in [-0.39, 0.29) is 170 Å². The number of pyridine rings is 1. The molecule has 1 heterocycles. The number of benzene rings is 3. The SMILES string of the molecule is Nc1nc(N)c(N=Nc2ccc3cc(S(=O)(=O)CCOSOO[O-])ccc3c2S(=O)(=O)[O-])cc1N=Nc1ccc(S(=O)(=O)CCOSOO[O-])cc1S(=O)(=O)[O-].[Na+].[Na+].[Na+].[Na+]. The molecule has 4 N–H and O–H groups in total. The maximum Gasteiger partial charge on any atom is 1.00 e. The van der Waals surface area contributed by atoms with Crippen LogP contribution in [0.4, 0.5) is 34.4 Å². The molecule has 0 aliphatic rings. The summed E-state index contributed by atoms with van der Waals surface area (Å²) in [6, 6.07) is 8.81. The number of hydrogen-bond acceptors (Lipinski definition) is 27. The first-order chi connectivity index (χ1) is 26.3. The average molecular weight is 992 g/mol. The number of azo groups is 2. The van der Waals surface area contributed by atoms with Gasteiger partial charge in [0.1, 0.15) is 43.0 Å². The van der Waals surface area contributed by atoms with Crippen LogP contribution >= 0.6 is 24.6 Å². The second kappa shape index (κ2) is 26.8. The smallest absolute Gasteiger partial charge is 0.744 e. The van der Waals surface area contributed by atoms with E-state index in [0.717, 1.165) is 42.5 Å². The molecule has 0 saturated heterocycles. The minimum absolute atomic E-state index is 0. The number of fused-ring (bicyclic) bond motifs is 1. The molecule has 35 heteroatoms. The molecule has 304 valence electrons. The fraction of sp³-hybridized carbons (Fsp3) is 0.160. The summed E-state index contributed by atoms with van der Waals surface area (Å²) in [5.74, 6) is -2.13. The Morgan fingerprint density at radius 2 is 1.03 bits per heavy atom. The second-order valence-electron chi connectivity index (χ2n) is 10.2. The van der Waals surface area contributed by atoms with E-state index < -0.39 is 102 Å². The molecule has 0 radical (unpaired) electrons. The summed E-state index contributed by atoms with van der Waals surface area (Å²) in [6.07, 6.45) is 0. The van der Waals surface area contributed by atoms with Crippen molar-refractivity contribution in [3.8, 4) is 0 Å². The van der Waals surface area contributed by atoms with E-state index in [1.165, 1.54) is 6.07 Å². The van der Waals surface area contributed by atoms with Crippen molar-refractivity contribution < 1.29 is 199 Å². The van der Waals surface area contributed by atoms with Gasteiger partial charge in [-0.1, -0.05) is 12.1 Å². The first-order valence-corrected chi connectivity index (χ1v) is 21.7. The van der Waals surface area contributed by atoms with E-state index in [9.17, 15) is 53.3 Å². The van der Waals surface area contributed by atoms with Gasteiger partial charge in [0.05, 0.1) is 44.3 Å². The van der Waals surface area contributed by atoms with Gasteiger partial charge in [0.25, 0.3) is 0 Å². The predicted molar refractivity (Wildman–Crippen MR) is 183 cm³/mol. The molecule has 0 saturated carbocycles. The van der Waals surface area contributed by atoms with Crippen molar-refractivity contribution in [2.45, 2.75) is 19.6 Å². The number of nitrogens with zero attached hydrogens (tertiary/aromatic N) is 5. The van der Waals surface area contributed by atoms with Gasteiger partial charge in [-0.05, 0) is 41.8 Å². The minimum atomic E-state index is -5.37. The van der Waals surface area contributed by atoms with Crippen LogP contribution in [0.3, 0.4) is 0 Å². The Hall–Kier alpha value is -0.0300. The van der Waals surface area contributed by atoms with Crippen LogP contribution in [0, 0.1) is 0 Å². The van der Waals surface area contributed by atoms with E-state index in [0.29, 0.717) is 6.07 Å². The Morgan fingerprint density at radius 3 is 1.52 bits per heavy atom. The molecule has 4 rings (SSSR count). The Morgan fingerprint density at radius 1 is 0.583 bits per heavy atom. The zero-order valence-corrected chi connectivity index (χ0v) is 44.1. The number of hydrogen-bond donors (Lipinski definition) is 2. The molecule has 0 atom stereocenters. The van der Waals surface area contributed by atoms with Crippen LogP contribution in [0.5, 0.6) is 0 Å². The van der Waals surface area contributed by atoms with Crippen LogP contribution < -0.4 is 140 Å². The molecule has 25 nitrogen and oxygen atoms in total. The van der Waals surface area contributed by atoms with Crippen molar-refractivity contribution in [2.24, 2.45) is 20.5 Å². The molecule has 3 aromatic carbocycles. The van der Waals surface area contributed by atoms with Crippen molar-refractivity contribution in [1.29, 1.82) is 0 Å². The number of sulfone groups is 2. The quantitative estimate of drug-likeness (QED) is 0.0158. The summed E-state index contributed by atoms with van der Waals surface area (Å²) < 4.78 is 141. The van der Waals surface area contributed by atoms with Crippen molar-refractivity contribution >= 4 is 110 Å². The van der Waals surface area contributed by atoms with Crippen molar-refractivity contribution in [3.63, 3.8) is 0 Å². The Balaban J connectivity index is 0.00000870. The Bertz CT molecular complexity index is 2620. The van der Waals surface area contributed by atoms with Gasteiger partial charge in [0, 0.05) is 11.5 Å². The topological polar surface area (TPSA) is 399 Å². The van der Waals surface area contributed by atoms with E-state index in [4.69, 9.17) is 15.7 Å². The molecule has 0 aliphatic carbocycles. The van der Waals surface area contributed by atoms with Crippen LogP contribution in [-0.2, 0) is 67.0 Å². The molecule has 0 amide bonds. The van der Waals surface area contributed by atoms with Gasteiger partial charge >= 0.3 is 118 Å². The largest absolute Gasteiger partial charge is 1.00 e. The zero-order chi connectivity index (χ0) is 41.3. The summed E-state index contributed by atoms with van der Waals surface area (Å²) in [5, 5.41) is 40.5. The standard InChI is InChI=1S/C25H25N7O18S6.4Na/c26-24-20(31-29-18-6-3-16(12-22(18)55(39,40)41)54(37,38)10-8-46-52-50-48-34)13-21(25(27)28-24)32-30-19-5-1-14-11-15(2-4-17(14)23(19)56(42,43)44)53(35,36)9-7-45-51-49-47-33;;;;/h1-6,11-13,33-34H,7-10H2,(H4,26,27,28)(H,39,40,41)(H,42,43,44);;;;/q;4*+1/p-4. The van der Waals surface area contributed by atoms with Gasteiger partial charge < -0.3 is 31.1 Å².